The summed E-state index contributed by atoms with van der Waals surface area (Å²) in [5.41, 5.74) is 2.91. The van der Waals surface area contributed by atoms with Crippen LogP contribution in [0.2, 0.25) is 0 Å². The molecule has 0 saturated carbocycles. The van der Waals surface area contributed by atoms with E-state index in [1.165, 1.54) is 11.1 Å². The fourth-order valence-electron chi connectivity index (χ4n) is 4.89. The molecule has 0 spiro atoms. The summed E-state index contributed by atoms with van der Waals surface area (Å²) < 4.78 is 5.45. The Morgan fingerprint density at radius 2 is 2.00 bits per heavy atom. The molecule has 6 nitrogen and oxygen atoms in total. The number of aliphatic hydroxyl groups excluding tert-OH is 1. The zero-order chi connectivity index (χ0) is 19.3. The lowest BCUT2D eigenvalue weighted by molar-refractivity contribution is -0.127. The minimum atomic E-state index is -0.396. The number of β-amino-alcohol motifs (C(OH)–C–C–N with tert-alkyl or cyclic N) is 1. The van der Waals surface area contributed by atoms with Gasteiger partial charge in [-0.2, -0.15) is 0 Å². The van der Waals surface area contributed by atoms with Gasteiger partial charge in [0.05, 0.1) is 12.1 Å². The van der Waals surface area contributed by atoms with Gasteiger partial charge in [0.1, 0.15) is 0 Å². The number of amides is 1. The summed E-state index contributed by atoms with van der Waals surface area (Å²) in [6.45, 7) is 5.93. The summed E-state index contributed by atoms with van der Waals surface area (Å²) in [4.78, 5) is 17.4. The molecule has 1 amide bonds. The van der Waals surface area contributed by atoms with Crippen LogP contribution in [0.4, 0.5) is 0 Å². The van der Waals surface area contributed by atoms with Gasteiger partial charge in [-0.1, -0.05) is 24.3 Å². The molecule has 0 aromatic heterocycles. The van der Waals surface area contributed by atoms with Crippen LogP contribution in [-0.4, -0.2) is 78.4 Å². The van der Waals surface area contributed by atoms with E-state index in [0.717, 1.165) is 58.5 Å². The van der Waals surface area contributed by atoms with Gasteiger partial charge in [0.15, 0.2) is 0 Å². The molecule has 2 saturated heterocycles. The van der Waals surface area contributed by atoms with Crippen LogP contribution in [0, 0.1) is 0 Å². The van der Waals surface area contributed by atoms with Gasteiger partial charge in [-0.05, 0) is 43.2 Å². The van der Waals surface area contributed by atoms with E-state index >= 15 is 0 Å². The van der Waals surface area contributed by atoms with Gasteiger partial charge in [0.25, 0.3) is 0 Å². The average Bonchev–Trinajstić information content (AvgIpc) is 3.13. The predicted octanol–water partition coefficient (Wildman–Crippen LogP) is 1.17. The molecule has 6 heteroatoms. The summed E-state index contributed by atoms with van der Waals surface area (Å²) in [5, 5.41) is 13.2. The quantitative estimate of drug-likeness (QED) is 0.718. The maximum absolute atomic E-state index is 12.7. The van der Waals surface area contributed by atoms with Gasteiger partial charge in [0.2, 0.25) is 5.91 Å². The summed E-state index contributed by atoms with van der Waals surface area (Å²) in [6.07, 6.45) is 4.13. The summed E-state index contributed by atoms with van der Waals surface area (Å²) in [6, 6.07) is 8.85. The van der Waals surface area contributed by atoms with E-state index in [9.17, 15) is 9.90 Å². The molecule has 1 aromatic rings. The van der Waals surface area contributed by atoms with Crippen molar-refractivity contribution in [3.8, 4) is 0 Å². The minimum absolute atomic E-state index is 0.0760. The van der Waals surface area contributed by atoms with E-state index < -0.39 is 6.10 Å². The molecule has 0 bridgehead atoms. The third-order valence-electron chi connectivity index (χ3n) is 6.44. The predicted molar refractivity (Wildman–Crippen MR) is 108 cm³/mol. The molecule has 4 rings (SSSR count). The van der Waals surface area contributed by atoms with Crippen molar-refractivity contribution in [1.29, 1.82) is 0 Å². The topological polar surface area (TPSA) is 65.0 Å². The first-order chi connectivity index (χ1) is 13.7. The Morgan fingerprint density at radius 1 is 1.21 bits per heavy atom. The molecular weight excluding hydrogens is 354 g/mol. The van der Waals surface area contributed by atoms with Gasteiger partial charge in [-0.3, -0.25) is 14.6 Å². The van der Waals surface area contributed by atoms with Crippen molar-refractivity contribution in [3.63, 3.8) is 0 Å². The Kier molecular flexibility index (Phi) is 6.62. The van der Waals surface area contributed by atoms with Crippen molar-refractivity contribution in [3.05, 3.63) is 35.4 Å². The van der Waals surface area contributed by atoms with Gasteiger partial charge >= 0.3 is 0 Å². The minimum Gasteiger partial charge on any atom is -0.392 e. The average molecular weight is 388 g/mol. The number of hydrogen-bond acceptors (Lipinski definition) is 5. The smallest absolute Gasteiger partial charge is 0.237 e. The number of benzene rings is 1. The molecule has 2 N–H and O–H groups in total. The number of rotatable bonds is 6. The Balaban J connectivity index is 1.21. The van der Waals surface area contributed by atoms with Crippen molar-refractivity contribution < 1.29 is 14.6 Å². The molecule has 2 fully saturated rings. The lowest BCUT2D eigenvalue weighted by Crippen LogP contribution is -2.49. The van der Waals surface area contributed by atoms with Crippen LogP contribution < -0.4 is 5.32 Å². The van der Waals surface area contributed by atoms with Gasteiger partial charge in [0, 0.05) is 52.0 Å². The lowest BCUT2D eigenvalue weighted by atomic mass is 10.00. The van der Waals surface area contributed by atoms with Crippen molar-refractivity contribution in [2.75, 3.05) is 39.4 Å². The number of carbonyl (C=O) groups is 1. The zero-order valence-electron chi connectivity index (χ0n) is 16.7. The standard InChI is InChI=1S/C22H33N3O3/c26-20-14-21(25(16-20)19-7-12-28-13-8-19)22(27)23-9-3-10-24-11-6-17-4-1-2-5-18(17)15-24/h1-2,4-5,19-21,26H,3,6-16H2,(H,23,27)/t20-,21+/m1/s1. The van der Waals surface area contributed by atoms with E-state index in [-0.39, 0.29) is 11.9 Å². The van der Waals surface area contributed by atoms with Crippen molar-refractivity contribution in [1.82, 2.24) is 15.1 Å². The molecule has 2 atom stereocenters. The first kappa shape index (κ1) is 19.8. The second-order valence-corrected chi connectivity index (χ2v) is 8.39. The fourth-order valence-corrected chi connectivity index (χ4v) is 4.89. The molecule has 3 aliphatic heterocycles. The van der Waals surface area contributed by atoms with E-state index in [4.69, 9.17) is 4.74 Å². The highest BCUT2D eigenvalue weighted by Crippen LogP contribution is 2.26. The van der Waals surface area contributed by atoms with Crippen LogP contribution in [0.15, 0.2) is 24.3 Å². The number of ether oxygens (including phenoxy) is 1. The summed E-state index contributed by atoms with van der Waals surface area (Å²) >= 11 is 0. The highest BCUT2D eigenvalue weighted by Gasteiger charge is 2.39. The monoisotopic (exact) mass is 387 g/mol. The van der Waals surface area contributed by atoms with Gasteiger partial charge < -0.3 is 15.2 Å². The van der Waals surface area contributed by atoms with Crippen LogP contribution in [0.3, 0.4) is 0 Å². The van der Waals surface area contributed by atoms with Crippen molar-refractivity contribution >= 4 is 5.91 Å². The van der Waals surface area contributed by atoms with Crippen molar-refractivity contribution in [2.45, 2.75) is 56.8 Å². The maximum Gasteiger partial charge on any atom is 0.237 e. The van der Waals surface area contributed by atoms with Crippen LogP contribution in [-0.2, 0) is 22.5 Å². The largest absolute Gasteiger partial charge is 0.392 e. The Labute approximate surface area is 167 Å². The molecule has 3 heterocycles. The SMILES string of the molecule is O=C(NCCCN1CCc2ccccc2C1)[C@@H]1C[C@@H](O)CN1C1CCOCC1. The first-order valence-corrected chi connectivity index (χ1v) is 10.8. The van der Waals surface area contributed by atoms with E-state index in [1.54, 1.807) is 0 Å². The fraction of sp³-hybridized carbons (Fsp3) is 0.682. The van der Waals surface area contributed by atoms with E-state index in [0.29, 0.717) is 25.6 Å². The number of nitrogens with one attached hydrogen (secondary N) is 1. The number of nitrogens with zero attached hydrogens (tertiary/aromatic N) is 2. The Hall–Kier alpha value is -1.47. The Morgan fingerprint density at radius 3 is 2.82 bits per heavy atom. The number of likely N-dealkylation sites (tertiary alicyclic amines) is 1. The van der Waals surface area contributed by atoms with Crippen LogP contribution in [0.5, 0.6) is 0 Å². The van der Waals surface area contributed by atoms with Crippen LogP contribution in [0.1, 0.15) is 36.8 Å². The molecule has 0 unspecified atom stereocenters. The third kappa shape index (κ3) is 4.74. The normalized spacial score (nSPS) is 26.9. The van der Waals surface area contributed by atoms with Crippen LogP contribution >= 0.6 is 0 Å². The number of aliphatic hydroxyl groups is 1. The lowest BCUT2D eigenvalue weighted by Gasteiger charge is -2.34. The molecule has 1 aromatic carbocycles. The van der Waals surface area contributed by atoms with Gasteiger partial charge in [-0.15, -0.1) is 0 Å². The van der Waals surface area contributed by atoms with Gasteiger partial charge in [-0.25, -0.2) is 0 Å². The number of hydrogen-bond donors (Lipinski definition) is 2. The molecule has 154 valence electrons. The molecule has 28 heavy (non-hydrogen) atoms. The number of carbonyl (C=O) groups excluding carboxylic acids is 1. The van der Waals surface area contributed by atoms with E-state index in [1.807, 2.05) is 0 Å². The Bertz CT molecular complexity index is 662. The maximum atomic E-state index is 12.7. The zero-order valence-corrected chi connectivity index (χ0v) is 16.7. The highest BCUT2D eigenvalue weighted by molar-refractivity contribution is 5.82. The second kappa shape index (κ2) is 9.35. The third-order valence-corrected chi connectivity index (χ3v) is 6.44. The molecule has 3 aliphatic rings. The van der Waals surface area contributed by atoms with Crippen molar-refractivity contribution in [2.24, 2.45) is 0 Å². The summed E-state index contributed by atoms with van der Waals surface area (Å²) in [5.74, 6) is 0.0760. The molecule has 0 radical (unpaired) electrons. The highest BCUT2D eigenvalue weighted by atomic mass is 16.5. The second-order valence-electron chi connectivity index (χ2n) is 8.39. The molecular formula is C22H33N3O3. The molecule has 0 aliphatic carbocycles. The number of fused-ring (bicyclic) bond motifs is 1. The van der Waals surface area contributed by atoms with Crippen LogP contribution in [0.25, 0.3) is 0 Å². The van der Waals surface area contributed by atoms with E-state index in [2.05, 4.69) is 39.4 Å². The summed E-state index contributed by atoms with van der Waals surface area (Å²) in [7, 11) is 0. The first-order valence-electron chi connectivity index (χ1n) is 10.8.